The van der Waals surface area contributed by atoms with E-state index in [1.165, 1.54) is 6.42 Å². The number of hydrogen-bond acceptors (Lipinski definition) is 2. The van der Waals surface area contributed by atoms with E-state index >= 15 is 0 Å². The number of rotatable bonds is 5. The molecule has 2 N–H and O–H groups in total. The van der Waals surface area contributed by atoms with Gasteiger partial charge in [0.15, 0.2) is 0 Å². The molecule has 1 heterocycles. The van der Waals surface area contributed by atoms with E-state index in [1.807, 2.05) is 0 Å². The first-order valence-electron chi connectivity index (χ1n) is 7.59. The molecule has 0 aromatic rings. The number of amides is 1. The van der Waals surface area contributed by atoms with Gasteiger partial charge in [-0.25, -0.2) is 0 Å². The fourth-order valence-corrected chi connectivity index (χ4v) is 2.96. The Hall–Kier alpha value is -0.570. The van der Waals surface area contributed by atoms with Gasteiger partial charge in [0, 0.05) is 19.6 Å². The molecule has 0 aromatic heterocycles. The van der Waals surface area contributed by atoms with Crippen LogP contribution in [-0.4, -0.2) is 30.4 Å². The largest absolute Gasteiger partial charge is 0.342 e. The quantitative estimate of drug-likeness (QED) is 0.820. The second-order valence-electron chi connectivity index (χ2n) is 5.98. The minimum absolute atomic E-state index is 0.0469. The standard InChI is InChI=1S/C15H30N2O/c1-4-6-14(11-16)15(18)17-9-5-7-13(8-10-17)12(2)3/h12-14H,4-11,16H2,1-3H3. The molecular weight excluding hydrogens is 224 g/mol. The molecule has 18 heavy (non-hydrogen) atoms. The van der Waals surface area contributed by atoms with Gasteiger partial charge in [-0.15, -0.1) is 0 Å². The van der Waals surface area contributed by atoms with Crippen molar-refractivity contribution in [2.75, 3.05) is 19.6 Å². The monoisotopic (exact) mass is 254 g/mol. The normalized spacial score (nSPS) is 22.9. The number of likely N-dealkylation sites (tertiary alicyclic amines) is 1. The minimum atomic E-state index is 0.0469. The van der Waals surface area contributed by atoms with Crippen molar-refractivity contribution in [1.29, 1.82) is 0 Å². The van der Waals surface area contributed by atoms with E-state index in [2.05, 4.69) is 25.7 Å². The summed E-state index contributed by atoms with van der Waals surface area (Å²) in [7, 11) is 0. The number of carbonyl (C=O) groups excluding carboxylic acids is 1. The van der Waals surface area contributed by atoms with Crippen LogP contribution in [0.15, 0.2) is 0 Å². The Morgan fingerprint density at radius 3 is 2.61 bits per heavy atom. The van der Waals surface area contributed by atoms with E-state index in [0.717, 1.165) is 50.6 Å². The third-order valence-electron chi connectivity index (χ3n) is 4.30. The maximum absolute atomic E-state index is 12.4. The third kappa shape index (κ3) is 4.27. The van der Waals surface area contributed by atoms with E-state index in [-0.39, 0.29) is 5.92 Å². The molecule has 0 saturated carbocycles. The zero-order valence-electron chi connectivity index (χ0n) is 12.3. The smallest absolute Gasteiger partial charge is 0.226 e. The zero-order valence-corrected chi connectivity index (χ0v) is 12.3. The van der Waals surface area contributed by atoms with Gasteiger partial charge >= 0.3 is 0 Å². The lowest BCUT2D eigenvalue weighted by molar-refractivity contribution is -0.135. The van der Waals surface area contributed by atoms with Gasteiger partial charge in [-0.2, -0.15) is 0 Å². The van der Waals surface area contributed by atoms with Crippen LogP contribution in [-0.2, 0) is 4.79 Å². The lowest BCUT2D eigenvalue weighted by Gasteiger charge is -2.25. The van der Waals surface area contributed by atoms with E-state index < -0.39 is 0 Å². The molecule has 1 rings (SSSR count). The van der Waals surface area contributed by atoms with Crippen molar-refractivity contribution in [2.24, 2.45) is 23.5 Å². The molecule has 0 aliphatic carbocycles. The van der Waals surface area contributed by atoms with Crippen LogP contribution in [0.25, 0.3) is 0 Å². The van der Waals surface area contributed by atoms with Gasteiger partial charge in [-0.05, 0) is 37.5 Å². The van der Waals surface area contributed by atoms with Crippen molar-refractivity contribution in [1.82, 2.24) is 4.90 Å². The summed E-state index contributed by atoms with van der Waals surface area (Å²) in [6, 6.07) is 0. The van der Waals surface area contributed by atoms with Crippen LogP contribution in [0, 0.1) is 17.8 Å². The third-order valence-corrected chi connectivity index (χ3v) is 4.30. The Morgan fingerprint density at radius 1 is 1.33 bits per heavy atom. The van der Waals surface area contributed by atoms with Crippen LogP contribution in [0.4, 0.5) is 0 Å². The van der Waals surface area contributed by atoms with Crippen molar-refractivity contribution < 1.29 is 4.79 Å². The van der Waals surface area contributed by atoms with Crippen LogP contribution in [0.2, 0.25) is 0 Å². The Bertz CT molecular complexity index is 253. The highest BCUT2D eigenvalue weighted by atomic mass is 16.2. The highest BCUT2D eigenvalue weighted by molar-refractivity contribution is 5.79. The number of nitrogens with two attached hydrogens (primary N) is 1. The van der Waals surface area contributed by atoms with E-state index in [1.54, 1.807) is 0 Å². The lowest BCUT2D eigenvalue weighted by atomic mass is 9.89. The molecular formula is C15H30N2O. The molecule has 1 saturated heterocycles. The summed E-state index contributed by atoms with van der Waals surface area (Å²) < 4.78 is 0. The SMILES string of the molecule is CCCC(CN)C(=O)N1CCCC(C(C)C)CC1. The lowest BCUT2D eigenvalue weighted by Crippen LogP contribution is -2.39. The van der Waals surface area contributed by atoms with Crippen molar-refractivity contribution in [3.05, 3.63) is 0 Å². The van der Waals surface area contributed by atoms with Gasteiger partial charge in [0.2, 0.25) is 5.91 Å². The Labute approximate surface area is 112 Å². The van der Waals surface area contributed by atoms with Crippen LogP contribution in [0.5, 0.6) is 0 Å². The van der Waals surface area contributed by atoms with Crippen molar-refractivity contribution in [3.8, 4) is 0 Å². The fraction of sp³-hybridized carbons (Fsp3) is 0.933. The molecule has 1 aliphatic heterocycles. The Kier molecular flexibility index (Phi) is 6.69. The summed E-state index contributed by atoms with van der Waals surface area (Å²) in [5, 5.41) is 0. The number of nitrogens with zero attached hydrogens (tertiary/aromatic N) is 1. The molecule has 2 atom stereocenters. The first-order chi connectivity index (χ1) is 8.60. The number of hydrogen-bond donors (Lipinski definition) is 1. The van der Waals surface area contributed by atoms with Crippen molar-refractivity contribution in [3.63, 3.8) is 0 Å². The van der Waals surface area contributed by atoms with E-state index in [0.29, 0.717) is 12.5 Å². The molecule has 106 valence electrons. The van der Waals surface area contributed by atoms with Crippen molar-refractivity contribution >= 4 is 5.91 Å². The van der Waals surface area contributed by atoms with E-state index in [4.69, 9.17) is 5.73 Å². The van der Waals surface area contributed by atoms with Gasteiger partial charge in [-0.3, -0.25) is 4.79 Å². The molecule has 1 aliphatic rings. The van der Waals surface area contributed by atoms with Crippen molar-refractivity contribution in [2.45, 2.75) is 52.9 Å². The summed E-state index contributed by atoms with van der Waals surface area (Å²) in [6.07, 6.45) is 5.54. The average molecular weight is 254 g/mol. The maximum Gasteiger partial charge on any atom is 0.226 e. The molecule has 0 spiro atoms. The first kappa shape index (κ1) is 15.5. The molecule has 2 unspecified atom stereocenters. The highest BCUT2D eigenvalue weighted by Crippen LogP contribution is 2.25. The molecule has 1 amide bonds. The van der Waals surface area contributed by atoms with Crippen LogP contribution in [0.3, 0.4) is 0 Å². The topological polar surface area (TPSA) is 46.3 Å². The van der Waals surface area contributed by atoms with Gasteiger partial charge in [0.25, 0.3) is 0 Å². The fourth-order valence-electron chi connectivity index (χ4n) is 2.96. The average Bonchev–Trinajstić information content (AvgIpc) is 2.60. The predicted octanol–water partition coefficient (Wildman–Crippen LogP) is 2.65. The summed E-state index contributed by atoms with van der Waals surface area (Å²) in [5.74, 6) is 1.86. The minimum Gasteiger partial charge on any atom is -0.342 e. The van der Waals surface area contributed by atoms with Crippen LogP contribution >= 0.6 is 0 Å². The van der Waals surface area contributed by atoms with Gasteiger partial charge < -0.3 is 10.6 Å². The second kappa shape index (κ2) is 7.78. The van der Waals surface area contributed by atoms with Gasteiger partial charge in [0.1, 0.15) is 0 Å². The summed E-state index contributed by atoms with van der Waals surface area (Å²) in [5.41, 5.74) is 5.73. The molecule has 0 aromatic carbocycles. The maximum atomic E-state index is 12.4. The summed E-state index contributed by atoms with van der Waals surface area (Å²) >= 11 is 0. The predicted molar refractivity (Wildman–Crippen MR) is 76.2 cm³/mol. The van der Waals surface area contributed by atoms with Gasteiger partial charge in [-0.1, -0.05) is 27.2 Å². The van der Waals surface area contributed by atoms with E-state index in [9.17, 15) is 4.79 Å². The summed E-state index contributed by atoms with van der Waals surface area (Å²) in [6.45, 7) is 9.07. The van der Waals surface area contributed by atoms with Gasteiger partial charge in [0.05, 0.1) is 5.92 Å². The molecule has 3 heteroatoms. The summed E-state index contributed by atoms with van der Waals surface area (Å²) in [4.78, 5) is 14.5. The first-order valence-corrected chi connectivity index (χ1v) is 7.59. The van der Waals surface area contributed by atoms with Crippen LogP contribution < -0.4 is 5.73 Å². The highest BCUT2D eigenvalue weighted by Gasteiger charge is 2.26. The number of carbonyl (C=O) groups is 1. The molecule has 3 nitrogen and oxygen atoms in total. The molecule has 0 radical (unpaired) electrons. The zero-order chi connectivity index (χ0) is 13.5. The molecule has 1 fully saturated rings. The Balaban J connectivity index is 2.53. The Morgan fingerprint density at radius 2 is 2.06 bits per heavy atom. The second-order valence-corrected chi connectivity index (χ2v) is 5.98. The van der Waals surface area contributed by atoms with Crippen LogP contribution in [0.1, 0.15) is 52.9 Å². The molecule has 0 bridgehead atoms.